The van der Waals surface area contributed by atoms with Crippen molar-refractivity contribution in [2.24, 2.45) is 5.92 Å². The van der Waals surface area contributed by atoms with E-state index in [2.05, 4.69) is 46.3 Å². The molecule has 1 fully saturated rings. The fraction of sp³-hybridized carbons (Fsp3) is 0.250. The lowest BCUT2D eigenvalue weighted by Gasteiger charge is -2.31. The Morgan fingerprint density at radius 2 is 1.68 bits per heavy atom. The summed E-state index contributed by atoms with van der Waals surface area (Å²) in [4.78, 5) is 6.51. The summed E-state index contributed by atoms with van der Waals surface area (Å²) in [5.74, 6) is 1.75. The number of anilines is 1. The zero-order chi connectivity index (χ0) is 19.2. The number of hydrogen-bond donors (Lipinski definition) is 0. The van der Waals surface area contributed by atoms with E-state index in [1.807, 2.05) is 42.5 Å². The quantitative estimate of drug-likeness (QED) is 0.622. The Bertz CT molecular complexity index is 962. The molecule has 140 valence electrons. The first kappa shape index (κ1) is 18.1. The maximum absolute atomic E-state index is 9.47. The second-order valence-corrected chi connectivity index (χ2v) is 7.18. The first-order valence-electron chi connectivity index (χ1n) is 9.75. The average molecular weight is 369 g/mol. The molecule has 1 aromatic heterocycles. The van der Waals surface area contributed by atoms with Crippen molar-refractivity contribution in [3.05, 3.63) is 83.4 Å². The molecular weight excluding hydrogens is 346 g/mol. The largest absolute Gasteiger partial charge is 0.420 e. The standard InChI is InChI=1S/C24H23N3O/c25-18-22-24(28-23(26-22)12-11-19-7-3-1-4-8-19)27-15-13-21(14-16-27)17-20-9-5-2-6-10-20/h1-12,21H,13-17H2. The molecular formula is C24H23N3O. The van der Waals surface area contributed by atoms with Gasteiger partial charge in [-0.05, 0) is 42.4 Å². The van der Waals surface area contributed by atoms with Crippen molar-refractivity contribution in [1.29, 1.82) is 5.26 Å². The van der Waals surface area contributed by atoms with Crippen molar-refractivity contribution in [2.45, 2.75) is 19.3 Å². The predicted molar refractivity (Wildman–Crippen MR) is 112 cm³/mol. The van der Waals surface area contributed by atoms with E-state index in [1.165, 1.54) is 5.56 Å². The molecule has 1 saturated heterocycles. The molecule has 0 radical (unpaired) electrons. The number of piperidine rings is 1. The van der Waals surface area contributed by atoms with Gasteiger partial charge in [-0.2, -0.15) is 10.2 Å². The Hall–Kier alpha value is -3.32. The van der Waals surface area contributed by atoms with E-state index >= 15 is 0 Å². The van der Waals surface area contributed by atoms with Crippen LogP contribution >= 0.6 is 0 Å². The lowest BCUT2D eigenvalue weighted by Crippen LogP contribution is -2.34. The minimum atomic E-state index is 0.370. The van der Waals surface area contributed by atoms with Crippen LogP contribution in [0, 0.1) is 17.2 Å². The SMILES string of the molecule is N#Cc1nc(C=Cc2ccccc2)oc1N1CCC(Cc2ccccc2)CC1. The van der Waals surface area contributed by atoms with E-state index in [1.54, 1.807) is 0 Å². The van der Waals surface area contributed by atoms with E-state index in [-0.39, 0.29) is 0 Å². The van der Waals surface area contributed by atoms with Gasteiger partial charge in [-0.15, -0.1) is 0 Å². The number of hydrogen-bond acceptors (Lipinski definition) is 4. The fourth-order valence-corrected chi connectivity index (χ4v) is 3.71. The highest BCUT2D eigenvalue weighted by molar-refractivity contribution is 5.67. The van der Waals surface area contributed by atoms with Crippen LogP contribution in [0.25, 0.3) is 12.2 Å². The van der Waals surface area contributed by atoms with Gasteiger partial charge in [0, 0.05) is 19.2 Å². The Morgan fingerprint density at radius 1 is 1.00 bits per heavy atom. The lowest BCUT2D eigenvalue weighted by molar-refractivity contribution is 0.387. The minimum absolute atomic E-state index is 0.370. The summed E-state index contributed by atoms with van der Waals surface area (Å²) < 4.78 is 5.93. The summed E-state index contributed by atoms with van der Waals surface area (Å²) in [7, 11) is 0. The summed E-state index contributed by atoms with van der Waals surface area (Å²) in [6.07, 6.45) is 7.07. The zero-order valence-corrected chi connectivity index (χ0v) is 15.8. The minimum Gasteiger partial charge on any atom is -0.420 e. The van der Waals surface area contributed by atoms with Gasteiger partial charge in [0.1, 0.15) is 6.07 Å². The summed E-state index contributed by atoms with van der Waals surface area (Å²) in [6, 6.07) is 22.8. The van der Waals surface area contributed by atoms with E-state index < -0.39 is 0 Å². The zero-order valence-electron chi connectivity index (χ0n) is 15.8. The first-order valence-corrected chi connectivity index (χ1v) is 9.75. The summed E-state index contributed by atoms with van der Waals surface area (Å²) in [5, 5.41) is 9.47. The van der Waals surface area contributed by atoms with Crippen LogP contribution in [-0.2, 0) is 6.42 Å². The Morgan fingerprint density at radius 3 is 2.36 bits per heavy atom. The van der Waals surface area contributed by atoms with Crippen LogP contribution in [0.5, 0.6) is 0 Å². The van der Waals surface area contributed by atoms with Gasteiger partial charge in [0.2, 0.25) is 17.5 Å². The Labute approximate surface area is 165 Å². The molecule has 3 aromatic rings. The molecule has 4 nitrogen and oxygen atoms in total. The Balaban J connectivity index is 1.41. The van der Waals surface area contributed by atoms with Gasteiger partial charge in [-0.25, -0.2) is 0 Å². The van der Waals surface area contributed by atoms with Crippen LogP contribution in [0.3, 0.4) is 0 Å². The Kier molecular flexibility index (Phi) is 5.53. The third-order valence-corrected chi connectivity index (χ3v) is 5.22. The van der Waals surface area contributed by atoms with Crippen molar-refractivity contribution in [1.82, 2.24) is 4.98 Å². The van der Waals surface area contributed by atoms with E-state index in [0.29, 0.717) is 23.4 Å². The maximum Gasteiger partial charge on any atom is 0.235 e. The molecule has 2 aromatic carbocycles. The van der Waals surface area contributed by atoms with Crippen molar-refractivity contribution >= 4 is 18.0 Å². The molecule has 0 unspecified atom stereocenters. The third-order valence-electron chi connectivity index (χ3n) is 5.22. The highest BCUT2D eigenvalue weighted by Crippen LogP contribution is 2.29. The highest BCUT2D eigenvalue weighted by Gasteiger charge is 2.25. The normalized spacial score (nSPS) is 15.0. The highest BCUT2D eigenvalue weighted by atomic mass is 16.4. The third kappa shape index (κ3) is 4.32. The summed E-state index contributed by atoms with van der Waals surface area (Å²) >= 11 is 0. The summed E-state index contributed by atoms with van der Waals surface area (Å²) in [5.41, 5.74) is 2.84. The number of benzene rings is 2. The van der Waals surface area contributed by atoms with Crippen LogP contribution in [0.4, 0.5) is 5.88 Å². The second kappa shape index (κ2) is 8.58. The van der Waals surface area contributed by atoms with Crippen LogP contribution in [-0.4, -0.2) is 18.1 Å². The number of nitrogens with zero attached hydrogens (tertiary/aromatic N) is 3. The fourth-order valence-electron chi connectivity index (χ4n) is 3.71. The monoisotopic (exact) mass is 369 g/mol. The smallest absolute Gasteiger partial charge is 0.235 e. The number of aromatic nitrogens is 1. The molecule has 0 spiro atoms. The molecule has 0 atom stereocenters. The van der Waals surface area contributed by atoms with Gasteiger partial charge in [0.25, 0.3) is 0 Å². The van der Waals surface area contributed by atoms with Gasteiger partial charge in [0.05, 0.1) is 0 Å². The van der Waals surface area contributed by atoms with Gasteiger partial charge in [-0.3, -0.25) is 0 Å². The molecule has 0 bridgehead atoms. The first-order chi connectivity index (χ1) is 13.8. The second-order valence-electron chi connectivity index (χ2n) is 7.18. The molecule has 2 heterocycles. The molecule has 0 N–H and O–H groups in total. The van der Waals surface area contributed by atoms with E-state index in [0.717, 1.165) is 37.9 Å². The van der Waals surface area contributed by atoms with Gasteiger partial charge < -0.3 is 9.32 Å². The van der Waals surface area contributed by atoms with Crippen LogP contribution < -0.4 is 4.90 Å². The van der Waals surface area contributed by atoms with Gasteiger partial charge >= 0.3 is 0 Å². The number of nitriles is 1. The molecule has 0 amide bonds. The van der Waals surface area contributed by atoms with Crippen LogP contribution in [0.1, 0.15) is 35.6 Å². The van der Waals surface area contributed by atoms with Crippen molar-refractivity contribution < 1.29 is 4.42 Å². The predicted octanol–water partition coefficient (Wildman–Crippen LogP) is 5.18. The molecule has 4 heteroatoms. The van der Waals surface area contributed by atoms with E-state index in [9.17, 15) is 5.26 Å². The van der Waals surface area contributed by atoms with Crippen LogP contribution in [0.15, 0.2) is 65.1 Å². The summed E-state index contributed by atoms with van der Waals surface area (Å²) in [6.45, 7) is 1.78. The van der Waals surface area contributed by atoms with Gasteiger partial charge in [-0.1, -0.05) is 60.7 Å². The number of oxazole rings is 1. The molecule has 28 heavy (non-hydrogen) atoms. The van der Waals surface area contributed by atoms with Crippen molar-refractivity contribution in [2.75, 3.05) is 18.0 Å². The number of rotatable bonds is 5. The molecule has 1 aliphatic rings. The van der Waals surface area contributed by atoms with Crippen molar-refractivity contribution in [3.8, 4) is 6.07 Å². The lowest BCUT2D eigenvalue weighted by atomic mass is 9.90. The molecule has 0 saturated carbocycles. The topological polar surface area (TPSA) is 53.1 Å². The molecule has 0 aliphatic carbocycles. The maximum atomic E-state index is 9.47. The van der Waals surface area contributed by atoms with Gasteiger partial charge in [0.15, 0.2) is 0 Å². The van der Waals surface area contributed by atoms with Crippen molar-refractivity contribution in [3.63, 3.8) is 0 Å². The van der Waals surface area contributed by atoms with Crippen LogP contribution in [0.2, 0.25) is 0 Å². The van der Waals surface area contributed by atoms with E-state index in [4.69, 9.17) is 4.42 Å². The molecule has 1 aliphatic heterocycles. The molecule has 4 rings (SSSR count). The average Bonchev–Trinajstić information content (AvgIpc) is 3.18.